The van der Waals surface area contributed by atoms with Gasteiger partial charge in [-0.05, 0) is 29.7 Å². The van der Waals surface area contributed by atoms with Crippen molar-refractivity contribution in [1.29, 1.82) is 0 Å². The van der Waals surface area contributed by atoms with Crippen LogP contribution in [-0.2, 0) is 12.6 Å². The van der Waals surface area contributed by atoms with E-state index >= 15 is 0 Å². The van der Waals surface area contributed by atoms with Crippen LogP contribution in [0, 0.1) is 0 Å². The van der Waals surface area contributed by atoms with Gasteiger partial charge in [0.05, 0.1) is 12.7 Å². The SMILES string of the molecule is COc1ccccc1CC(Br)c1ccccc1C(F)(F)F. The molecule has 2 rings (SSSR count). The molecule has 0 fully saturated rings. The van der Waals surface area contributed by atoms with Crippen molar-refractivity contribution in [3.05, 3.63) is 65.2 Å². The first-order valence-corrected chi connectivity index (χ1v) is 7.27. The lowest BCUT2D eigenvalue weighted by Gasteiger charge is -2.18. The minimum absolute atomic E-state index is 0.232. The molecule has 1 atom stereocenters. The minimum atomic E-state index is -4.36. The molecule has 0 N–H and O–H groups in total. The Hall–Kier alpha value is -1.49. The summed E-state index contributed by atoms with van der Waals surface area (Å²) < 4.78 is 44.4. The van der Waals surface area contributed by atoms with Gasteiger partial charge < -0.3 is 4.74 Å². The van der Waals surface area contributed by atoms with Crippen molar-refractivity contribution in [3.63, 3.8) is 0 Å². The number of hydrogen-bond donors (Lipinski definition) is 0. The third kappa shape index (κ3) is 3.79. The van der Waals surface area contributed by atoms with Gasteiger partial charge in [0.15, 0.2) is 0 Å². The average molecular weight is 359 g/mol. The summed E-state index contributed by atoms with van der Waals surface area (Å²) in [5, 5.41) is 0. The highest BCUT2D eigenvalue weighted by molar-refractivity contribution is 9.09. The van der Waals surface area contributed by atoms with Gasteiger partial charge in [-0.3, -0.25) is 0 Å². The van der Waals surface area contributed by atoms with Crippen LogP contribution in [0.1, 0.15) is 21.5 Å². The van der Waals surface area contributed by atoms with E-state index in [2.05, 4.69) is 15.9 Å². The minimum Gasteiger partial charge on any atom is -0.496 e. The van der Waals surface area contributed by atoms with Crippen molar-refractivity contribution < 1.29 is 17.9 Å². The lowest BCUT2D eigenvalue weighted by Crippen LogP contribution is -2.11. The van der Waals surface area contributed by atoms with Crippen LogP contribution in [0.15, 0.2) is 48.5 Å². The number of benzene rings is 2. The standard InChI is InChI=1S/C16H14BrF3O/c1-21-15-9-5-2-6-11(15)10-14(17)12-7-3-4-8-13(12)16(18,19)20/h2-9,14H,10H2,1H3. The molecule has 112 valence electrons. The zero-order chi connectivity index (χ0) is 15.5. The van der Waals surface area contributed by atoms with E-state index in [1.807, 2.05) is 18.2 Å². The van der Waals surface area contributed by atoms with E-state index in [9.17, 15) is 13.2 Å². The van der Waals surface area contributed by atoms with Crippen LogP contribution in [-0.4, -0.2) is 7.11 Å². The Morgan fingerprint density at radius 2 is 1.67 bits per heavy atom. The van der Waals surface area contributed by atoms with Crippen LogP contribution >= 0.6 is 15.9 Å². The molecule has 0 aliphatic heterocycles. The number of halogens is 4. The zero-order valence-corrected chi connectivity index (χ0v) is 12.9. The molecule has 0 saturated heterocycles. The second-order valence-corrected chi connectivity index (χ2v) is 5.67. The summed E-state index contributed by atoms with van der Waals surface area (Å²) in [6.45, 7) is 0. The molecule has 0 heterocycles. The van der Waals surface area contributed by atoms with Gasteiger partial charge in [-0.2, -0.15) is 13.2 Å². The van der Waals surface area contributed by atoms with Gasteiger partial charge in [-0.25, -0.2) is 0 Å². The first kappa shape index (κ1) is 15.9. The molecule has 2 aromatic rings. The van der Waals surface area contributed by atoms with Crippen molar-refractivity contribution in [1.82, 2.24) is 0 Å². The Bertz CT molecular complexity index is 610. The first-order valence-electron chi connectivity index (χ1n) is 6.35. The molecular weight excluding hydrogens is 345 g/mol. The molecule has 21 heavy (non-hydrogen) atoms. The van der Waals surface area contributed by atoms with E-state index in [1.54, 1.807) is 19.2 Å². The zero-order valence-electron chi connectivity index (χ0n) is 11.3. The molecule has 2 aromatic carbocycles. The molecule has 1 unspecified atom stereocenters. The third-order valence-corrected chi connectivity index (χ3v) is 4.01. The summed E-state index contributed by atoms with van der Waals surface area (Å²) in [4.78, 5) is -0.438. The Morgan fingerprint density at radius 3 is 2.33 bits per heavy atom. The smallest absolute Gasteiger partial charge is 0.416 e. The van der Waals surface area contributed by atoms with Crippen molar-refractivity contribution >= 4 is 15.9 Å². The summed E-state index contributed by atoms with van der Waals surface area (Å²) in [5.74, 6) is 0.673. The van der Waals surface area contributed by atoms with Gasteiger partial charge in [0, 0.05) is 4.83 Å². The Labute approximate surface area is 129 Å². The molecule has 0 aromatic heterocycles. The average Bonchev–Trinajstić information content (AvgIpc) is 2.47. The topological polar surface area (TPSA) is 9.23 Å². The van der Waals surface area contributed by atoms with Gasteiger partial charge in [0.25, 0.3) is 0 Å². The number of methoxy groups -OCH3 is 1. The Morgan fingerprint density at radius 1 is 1.05 bits per heavy atom. The number of para-hydroxylation sites is 1. The maximum atomic E-state index is 13.0. The Kier molecular flexibility index (Phi) is 4.93. The van der Waals surface area contributed by atoms with Crippen molar-refractivity contribution in [3.8, 4) is 5.75 Å². The van der Waals surface area contributed by atoms with Crippen molar-refractivity contribution in [2.24, 2.45) is 0 Å². The van der Waals surface area contributed by atoms with E-state index in [4.69, 9.17) is 4.74 Å². The summed E-state index contributed by atoms with van der Waals surface area (Å²) >= 11 is 3.37. The molecule has 0 aliphatic carbocycles. The molecule has 0 radical (unpaired) electrons. The molecule has 0 spiro atoms. The van der Waals surface area contributed by atoms with E-state index in [0.717, 1.165) is 11.6 Å². The lowest BCUT2D eigenvalue weighted by molar-refractivity contribution is -0.138. The fourth-order valence-corrected chi connectivity index (χ4v) is 2.95. The fraction of sp³-hybridized carbons (Fsp3) is 0.250. The number of alkyl halides is 4. The maximum Gasteiger partial charge on any atom is 0.416 e. The summed E-state index contributed by atoms with van der Waals surface area (Å²) in [6, 6.07) is 12.9. The predicted octanol–water partition coefficient (Wildman–Crippen LogP) is 5.39. The van der Waals surface area contributed by atoms with Crippen LogP contribution in [0.2, 0.25) is 0 Å². The summed E-state index contributed by atoms with van der Waals surface area (Å²) in [5.41, 5.74) is 0.483. The van der Waals surface area contributed by atoms with Gasteiger partial charge in [0.2, 0.25) is 0 Å². The predicted molar refractivity (Wildman–Crippen MR) is 79.8 cm³/mol. The van der Waals surface area contributed by atoms with Crippen LogP contribution in [0.3, 0.4) is 0 Å². The van der Waals surface area contributed by atoms with Crippen LogP contribution in [0.25, 0.3) is 0 Å². The fourth-order valence-electron chi connectivity index (χ4n) is 2.20. The highest BCUT2D eigenvalue weighted by atomic mass is 79.9. The molecule has 5 heteroatoms. The number of hydrogen-bond acceptors (Lipinski definition) is 1. The first-order chi connectivity index (χ1) is 9.93. The van der Waals surface area contributed by atoms with Gasteiger partial charge in [-0.15, -0.1) is 0 Å². The highest BCUT2D eigenvalue weighted by Crippen LogP contribution is 2.39. The summed E-state index contributed by atoms with van der Waals surface area (Å²) in [6.07, 6.45) is -3.94. The Balaban J connectivity index is 2.31. The van der Waals surface area contributed by atoms with Crippen molar-refractivity contribution in [2.45, 2.75) is 17.4 Å². The van der Waals surface area contributed by atoms with E-state index in [-0.39, 0.29) is 5.56 Å². The number of rotatable bonds is 4. The van der Waals surface area contributed by atoms with Crippen molar-refractivity contribution in [2.75, 3.05) is 7.11 Å². The quantitative estimate of drug-likeness (QED) is 0.665. The molecular formula is C16H14BrF3O. The molecule has 1 nitrogen and oxygen atoms in total. The largest absolute Gasteiger partial charge is 0.496 e. The summed E-state index contributed by atoms with van der Waals surface area (Å²) in [7, 11) is 1.55. The van der Waals surface area contributed by atoms with E-state index in [0.29, 0.717) is 12.2 Å². The van der Waals surface area contributed by atoms with Gasteiger partial charge in [-0.1, -0.05) is 52.3 Å². The monoisotopic (exact) mass is 358 g/mol. The van der Waals surface area contributed by atoms with Gasteiger partial charge >= 0.3 is 6.18 Å². The number of ether oxygens (including phenoxy) is 1. The highest BCUT2D eigenvalue weighted by Gasteiger charge is 2.34. The van der Waals surface area contributed by atoms with Crippen LogP contribution in [0.4, 0.5) is 13.2 Å². The van der Waals surface area contributed by atoms with E-state index in [1.165, 1.54) is 12.1 Å². The second kappa shape index (κ2) is 6.52. The molecule has 0 amide bonds. The maximum absolute atomic E-state index is 13.0. The normalized spacial score (nSPS) is 13.0. The molecule has 0 bridgehead atoms. The lowest BCUT2D eigenvalue weighted by atomic mass is 9.99. The van der Waals surface area contributed by atoms with Crippen LogP contribution in [0.5, 0.6) is 5.75 Å². The molecule has 0 aliphatic rings. The second-order valence-electron chi connectivity index (χ2n) is 4.57. The van der Waals surface area contributed by atoms with E-state index < -0.39 is 16.6 Å². The van der Waals surface area contributed by atoms with Gasteiger partial charge in [0.1, 0.15) is 5.75 Å². The van der Waals surface area contributed by atoms with Crippen LogP contribution < -0.4 is 4.74 Å². The third-order valence-electron chi connectivity index (χ3n) is 3.20. The molecule has 0 saturated carbocycles.